The van der Waals surface area contributed by atoms with Gasteiger partial charge in [-0.3, -0.25) is 0 Å². The molecule has 0 bridgehead atoms. The quantitative estimate of drug-likeness (QED) is 0.566. The van der Waals surface area contributed by atoms with Crippen LogP contribution >= 0.6 is 0 Å². The van der Waals surface area contributed by atoms with Gasteiger partial charge in [-0.25, -0.2) is 0 Å². The topological polar surface area (TPSA) is 23.9 Å². The van der Waals surface area contributed by atoms with E-state index in [0.29, 0.717) is 0 Å². The number of hydrogen-bond acceptors (Lipinski definition) is 1. The van der Waals surface area contributed by atoms with Crippen LogP contribution in [0.1, 0.15) is 39.5 Å². The van der Waals surface area contributed by atoms with Gasteiger partial charge in [0.25, 0.3) is 0 Å². The Labute approximate surface area is 63.7 Å². The molecule has 0 aromatic rings. The first-order valence-electron chi connectivity index (χ1n) is 3.97. The number of rotatable bonds is 5. The smallest absolute Gasteiger partial charge is 0.0339 e. The predicted octanol–water partition coefficient (Wildman–Crippen LogP) is 3.16. The van der Waals surface area contributed by atoms with Gasteiger partial charge < -0.3 is 5.41 Å². The van der Waals surface area contributed by atoms with Crippen molar-refractivity contribution in [2.24, 2.45) is 0 Å². The average Bonchev–Trinajstić information content (AvgIpc) is 1.89. The normalized spacial score (nSPS) is 9.40. The Bertz CT molecular complexity index is 109. The summed E-state index contributed by atoms with van der Waals surface area (Å²) in [6, 6.07) is 0. The van der Waals surface area contributed by atoms with Crippen LogP contribution in [-0.4, -0.2) is 5.71 Å². The lowest BCUT2D eigenvalue weighted by Gasteiger charge is -2.03. The van der Waals surface area contributed by atoms with Crippen LogP contribution in [0.2, 0.25) is 0 Å². The Morgan fingerprint density at radius 3 is 2.10 bits per heavy atom. The van der Waals surface area contributed by atoms with Crippen LogP contribution in [0.15, 0.2) is 12.2 Å². The maximum Gasteiger partial charge on any atom is 0.0339 e. The highest BCUT2D eigenvalue weighted by atomic mass is 14.4. The molecular formula is C9H17N. The molecule has 0 aliphatic carbocycles. The van der Waals surface area contributed by atoms with Crippen molar-refractivity contribution < 1.29 is 0 Å². The molecule has 0 saturated heterocycles. The van der Waals surface area contributed by atoms with Gasteiger partial charge in [0.05, 0.1) is 0 Å². The van der Waals surface area contributed by atoms with Crippen molar-refractivity contribution in [2.45, 2.75) is 39.5 Å². The fourth-order valence-corrected chi connectivity index (χ4v) is 0.879. The fraction of sp³-hybridized carbons (Fsp3) is 0.667. The molecule has 1 N–H and O–H groups in total. The molecule has 0 heterocycles. The zero-order valence-electron chi connectivity index (χ0n) is 7.04. The van der Waals surface area contributed by atoms with Crippen LogP contribution in [0.4, 0.5) is 0 Å². The first-order valence-corrected chi connectivity index (χ1v) is 3.97. The Morgan fingerprint density at radius 2 is 1.70 bits per heavy atom. The van der Waals surface area contributed by atoms with Gasteiger partial charge in [0.2, 0.25) is 0 Å². The van der Waals surface area contributed by atoms with Gasteiger partial charge in [-0.1, -0.05) is 33.3 Å². The van der Waals surface area contributed by atoms with Gasteiger partial charge in [0.15, 0.2) is 0 Å². The standard InChI is InChI=1S/C9H17N/c1-4-6-8(3)9(10)7-5-2/h10H,3-7H2,1-2H3. The van der Waals surface area contributed by atoms with E-state index in [1.807, 2.05) is 0 Å². The summed E-state index contributed by atoms with van der Waals surface area (Å²) < 4.78 is 0. The molecule has 0 unspecified atom stereocenters. The van der Waals surface area contributed by atoms with E-state index in [1.54, 1.807) is 0 Å². The maximum atomic E-state index is 7.50. The van der Waals surface area contributed by atoms with Crippen LogP contribution in [0.5, 0.6) is 0 Å². The second kappa shape index (κ2) is 5.21. The van der Waals surface area contributed by atoms with Crippen molar-refractivity contribution in [3.05, 3.63) is 12.2 Å². The van der Waals surface area contributed by atoms with Crippen molar-refractivity contribution in [3.63, 3.8) is 0 Å². The van der Waals surface area contributed by atoms with Crippen molar-refractivity contribution in [1.29, 1.82) is 5.41 Å². The third-order valence-corrected chi connectivity index (χ3v) is 1.48. The van der Waals surface area contributed by atoms with Gasteiger partial charge in [-0.05, 0) is 18.4 Å². The minimum absolute atomic E-state index is 0.740. The van der Waals surface area contributed by atoms with Crippen molar-refractivity contribution >= 4 is 5.71 Å². The minimum Gasteiger partial charge on any atom is -0.305 e. The molecule has 0 aliphatic rings. The lowest BCUT2D eigenvalue weighted by Crippen LogP contribution is -1.98. The zero-order valence-corrected chi connectivity index (χ0v) is 7.04. The van der Waals surface area contributed by atoms with Crippen molar-refractivity contribution in [1.82, 2.24) is 0 Å². The molecule has 1 nitrogen and oxygen atoms in total. The Balaban J connectivity index is 3.60. The van der Waals surface area contributed by atoms with Crippen LogP contribution in [0, 0.1) is 5.41 Å². The van der Waals surface area contributed by atoms with Crippen LogP contribution in [0.3, 0.4) is 0 Å². The summed E-state index contributed by atoms with van der Waals surface area (Å²) in [7, 11) is 0. The monoisotopic (exact) mass is 139 g/mol. The summed E-state index contributed by atoms with van der Waals surface area (Å²) in [4.78, 5) is 0. The molecule has 0 amide bonds. The third kappa shape index (κ3) is 3.44. The first kappa shape index (κ1) is 9.41. The summed E-state index contributed by atoms with van der Waals surface area (Å²) in [6.07, 6.45) is 4.03. The van der Waals surface area contributed by atoms with E-state index in [1.165, 1.54) is 0 Å². The Kier molecular flexibility index (Phi) is 4.91. The van der Waals surface area contributed by atoms with E-state index in [-0.39, 0.29) is 0 Å². The minimum atomic E-state index is 0.740. The third-order valence-electron chi connectivity index (χ3n) is 1.48. The lowest BCUT2D eigenvalue weighted by molar-refractivity contribution is 0.913. The molecule has 0 saturated carbocycles. The number of nitrogens with one attached hydrogen (secondary N) is 1. The number of allylic oxidation sites excluding steroid dienone is 1. The molecule has 0 aliphatic heterocycles. The van der Waals surface area contributed by atoms with E-state index < -0.39 is 0 Å². The van der Waals surface area contributed by atoms with E-state index in [2.05, 4.69) is 20.4 Å². The van der Waals surface area contributed by atoms with Gasteiger partial charge in [-0.15, -0.1) is 0 Å². The molecule has 0 aromatic heterocycles. The molecule has 58 valence electrons. The fourth-order valence-electron chi connectivity index (χ4n) is 0.879. The average molecular weight is 139 g/mol. The second-order valence-corrected chi connectivity index (χ2v) is 2.58. The first-order chi connectivity index (χ1) is 4.72. The van der Waals surface area contributed by atoms with Crippen LogP contribution in [-0.2, 0) is 0 Å². The van der Waals surface area contributed by atoms with E-state index in [4.69, 9.17) is 5.41 Å². The molecule has 1 heteroatoms. The molecule has 10 heavy (non-hydrogen) atoms. The molecule has 0 atom stereocenters. The zero-order chi connectivity index (χ0) is 7.98. The summed E-state index contributed by atoms with van der Waals surface area (Å²) in [5.74, 6) is 0. The predicted molar refractivity (Wildman–Crippen MR) is 46.7 cm³/mol. The molecule has 0 fully saturated rings. The second-order valence-electron chi connectivity index (χ2n) is 2.58. The van der Waals surface area contributed by atoms with E-state index in [9.17, 15) is 0 Å². The Hall–Kier alpha value is -0.590. The highest BCUT2D eigenvalue weighted by Crippen LogP contribution is 2.06. The largest absolute Gasteiger partial charge is 0.305 e. The molecular weight excluding hydrogens is 122 g/mol. The van der Waals surface area contributed by atoms with Crippen molar-refractivity contribution in [2.75, 3.05) is 0 Å². The van der Waals surface area contributed by atoms with Gasteiger partial charge >= 0.3 is 0 Å². The van der Waals surface area contributed by atoms with Crippen LogP contribution in [0.25, 0.3) is 0 Å². The Morgan fingerprint density at radius 1 is 1.20 bits per heavy atom. The molecule has 0 spiro atoms. The molecule has 0 aromatic carbocycles. The molecule has 0 rings (SSSR count). The highest BCUT2D eigenvalue weighted by Gasteiger charge is 1.98. The SMILES string of the molecule is C=C(CCC)C(=N)CCC. The summed E-state index contributed by atoms with van der Waals surface area (Å²) in [5, 5.41) is 7.50. The summed E-state index contributed by atoms with van der Waals surface area (Å²) in [5.41, 5.74) is 1.76. The van der Waals surface area contributed by atoms with Gasteiger partial charge in [0, 0.05) is 5.71 Å². The summed E-state index contributed by atoms with van der Waals surface area (Å²) in [6.45, 7) is 8.04. The molecule has 0 radical (unpaired) electrons. The number of hydrogen-bond donors (Lipinski definition) is 1. The van der Waals surface area contributed by atoms with Gasteiger partial charge in [0.1, 0.15) is 0 Å². The summed E-state index contributed by atoms with van der Waals surface area (Å²) >= 11 is 0. The van der Waals surface area contributed by atoms with E-state index >= 15 is 0 Å². The lowest BCUT2D eigenvalue weighted by atomic mass is 10.0. The van der Waals surface area contributed by atoms with Crippen molar-refractivity contribution in [3.8, 4) is 0 Å². The van der Waals surface area contributed by atoms with Gasteiger partial charge in [-0.2, -0.15) is 0 Å². The van der Waals surface area contributed by atoms with Crippen LogP contribution < -0.4 is 0 Å². The highest BCUT2D eigenvalue weighted by molar-refractivity contribution is 5.96. The maximum absolute atomic E-state index is 7.50. The van der Waals surface area contributed by atoms with E-state index in [0.717, 1.165) is 37.0 Å².